The Morgan fingerprint density at radius 2 is 2.18 bits per heavy atom. The van der Waals surface area contributed by atoms with E-state index in [0.717, 1.165) is 23.9 Å². The lowest BCUT2D eigenvalue weighted by atomic mass is 9.69. The first kappa shape index (κ1) is 14.5. The minimum atomic E-state index is 0.169. The van der Waals surface area contributed by atoms with E-state index in [1.54, 1.807) is 0 Å². The molecular formula is C18H21BrN2O. The molecule has 116 valence electrons. The van der Waals surface area contributed by atoms with Gasteiger partial charge in [0.1, 0.15) is 0 Å². The van der Waals surface area contributed by atoms with Crippen molar-refractivity contribution in [2.45, 2.75) is 52.0 Å². The quantitative estimate of drug-likeness (QED) is 0.843. The molecule has 0 amide bonds. The van der Waals surface area contributed by atoms with Crippen molar-refractivity contribution in [3.8, 4) is 0 Å². The highest BCUT2D eigenvalue weighted by Gasteiger charge is 2.47. The van der Waals surface area contributed by atoms with E-state index < -0.39 is 0 Å². The van der Waals surface area contributed by atoms with Crippen molar-refractivity contribution in [1.82, 2.24) is 5.43 Å². The molecule has 1 heterocycles. The summed E-state index contributed by atoms with van der Waals surface area (Å²) < 4.78 is 0.840. The second kappa shape index (κ2) is 5.20. The van der Waals surface area contributed by atoms with Crippen molar-refractivity contribution in [2.24, 2.45) is 5.41 Å². The summed E-state index contributed by atoms with van der Waals surface area (Å²) in [5.41, 5.74) is 13.3. The molecule has 4 heteroatoms. The third-order valence-corrected chi connectivity index (χ3v) is 6.38. The molecule has 0 spiro atoms. The zero-order chi connectivity index (χ0) is 15.3. The number of hydrazine groups is 1. The molecule has 3 aliphatic rings. The van der Waals surface area contributed by atoms with Crippen LogP contribution in [0.15, 0.2) is 16.6 Å². The summed E-state index contributed by atoms with van der Waals surface area (Å²) in [6, 6.07) is 4.35. The number of nitrogens with one attached hydrogen (secondary N) is 2. The first-order chi connectivity index (χ1) is 10.7. The summed E-state index contributed by atoms with van der Waals surface area (Å²) in [5.74, 6) is 0.270. The van der Waals surface area contributed by atoms with Gasteiger partial charge in [0.05, 0.1) is 10.2 Å². The lowest BCUT2D eigenvalue weighted by molar-refractivity contribution is -0.115. The predicted octanol–water partition coefficient (Wildman–Crippen LogP) is 4.32. The third kappa shape index (κ3) is 1.93. The van der Waals surface area contributed by atoms with Gasteiger partial charge in [-0.05, 0) is 63.5 Å². The van der Waals surface area contributed by atoms with Gasteiger partial charge in [0.15, 0.2) is 5.78 Å². The summed E-state index contributed by atoms with van der Waals surface area (Å²) in [7, 11) is 0. The number of anilines is 1. The van der Waals surface area contributed by atoms with E-state index in [1.807, 2.05) is 0 Å². The van der Waals surface area contributed by atoms with E-state index >= 15 is 0 Å². The largest absolute Gasteiger partial charge is 0.321 e. The van der Waals surface area contributed by atoms with Crippen LogP contribution in [0.2, 0.25) is 0 Å². The Hall–Kier alpha value is -1.13. The lowest BCUT2D eigenvalue weighted by Crippen LogP contribution is -2.27. The Balaban J connectivity index is 1.90. The molecule has 2 aliphatic carbocycles. The number of hydrogen-bond acceptors (Lipinski definition) is 3. The van der Waals surface area contributed by atoms with E-state index in [9.17, 15) is 4.79 Å². The lowest BCUT2D eigenvalue weighted by Gasteiger charge is -2.35. The third-order valence-electron chi connectivity index (χ3n) is 5.54. The number of ketones is 1. The molecule has 0 aromatic heterocycles. The number of halogens is 1. The van der Waals surface area contributed by atoms with Crippen molar-refractivity contribution in [3.05, 3.63) is 33.3 Å². The molecule has 0 radical (unpaired) electrons. The zero-order valence-corrected chi connectivity index (χ0v) is 14.5. The Morgan fingerprint density at radius 1 is 1.32 bits per heavy atom. The topological polar surface area (TPSA) is 41.1 Å². The van der Waals surface area contributed by atoms with Crippen LogP contribution >= 0.6 is 15.9 Å². The Bertz CT molecular complexity index is 695. The molecule has 0 fully saturated rings. The minimum Gasteiger partial charge on any atom is -0.321 e. The first-order valence-corrected chi connectivity index (χ1v) is 9.03. The van der Waals surface area contributed by atoms with Crippen LogP contribution in [0.3, 0.4) is 0 Å². The molecule has 0 saturated carbocycles. The van der Waals surface area contributed by atoms with Crippen LogP contribution in [0.1, 0.15) is 55.7 Å². The molecule has 2 N–H and O–H groups in total. The summed E-state index contributed by atoms with van der Waals surface area (Å²) >= 11 is 3.64. The summed E-state index contributed by atoms with van der Waals surface area (Å²) in [4.78, 5) is 12.3. The standard InChI is InChI=1S/C18H21BrN2O/c1-2-3-7-18-8-6-15(22)17(19)16(18)11-4-5-14-13(10-20-21-14)12(11)9-18/h4-5,20-21H,2-3,6-10H2,1H3. The van der Waals surface area contributed by atoms with Gasteiger partial charge in [0.2, 0.25) is 0 Å². The van der Waals surface area contributed by atoms with Crippen molar-refractivity contribution in [1.29, 1.82) is 0 Å². The van der Waals surface area contributed by atoms with Gasteiger partial charge < -0.3 is 5.43 Å². The Kier molecular flexibility index (Phi) is 3.42. The number of carbonyl (C=O) groups is 1. The molecular weight excluding hydrogens is 340 g/mol. The van der Waals surface area contributed by atoms with Gasteiger partial charge in [-0.25, -0.2) is 5.43 Å². The van der Waals surface area contributed by atoms with Gasteiger partial charge in [0, 0.05) is 18.4 Å². The molecule has 0 saturated heterocycles. The average Bonchev–Trinajstić information content (AvgIpc) is 3.11. The van der Waals surface area contributed by atoms with Crippen molar-refractivity contribution in [3.63, 3.8) is 0 Å². The molecule has 4 rings (SSSR count). The summed E-state index contributed by atoms with van der Waals surface area (Å²) in [5, 5.41) is 0. The van der Waals surface area contributed by atoms with E-state index in [1.165, 1.54) is 47.2 Å². The predicted molar refractivity (Wildman–Crippen MR) is 92.7 cm³/mol. The fourth-order valence-electron chi connectivity index (χ4n) is 4.41. The van der Waals surface area contributed by atoms with E-state index in [4.69, 9.17) is 0 Å². The Labute approximate surface area is 139 Å². The fraction of sp³-hybridized carbons (Fsp3) is 0.500. The molecule has 0 bridgehead atoms. The van der Waals surface area contributed by atoms with Crippen LogP contribution in [-0.2, 0) is 17.8 Å². The second-order valence-electron chi connectivity index (χ2n) is 6.77. The van der Waals surface area contributed by atoms with E-state index in [-0.39, 0.29) is 11.2 Å². The highest BCUT2D eigenvalue weighted by molar-refractivity contribution is 9.12. The normalized spacial score (nSPS) is 25.8. The van der Waals surface area contributed by atoms with Gasteiger partial charge in [-0.2, -0.15) is 0 Å². The van der Waals surface area contributed by atoms with Gasteiger partial charge in [-0.3, -0.25) is 4.79 Å². The minimum absolute atomic E-state index is 0.169. The number of hydrogen-bond donors (Lipinski definition) is 2. The van der Waals surface area contributed by atoms with E-state index in [2.05, 4.69) is 45.8 Å². The number of unbranched alkanes of at least 4 members (excludes halogenated alkanes) is 1. The molecule has 22 heavy (non-hydrogen) atoms. The van der Waals surface area contributed by atoms with Crippen molar-refractivity contribution >= 4 is 33.0 Å². The van der Waals surface area contributed by atoms with Crippen LogP contribution in [-0.4, -0.2) is 5.78 Å². The van der Waals surface area contributed by atoms with Gasteiger partial charge >= 0.3 is 0 Å². The first-order valence-electron chi connectivity index (χ1n) is 8.24. The average molecular weight is 361 g/mol. The maximum absolute atomic E-state index is 12.3. The number of Topliss-reactive ketones (excluding diaryl/α,β-unsaturated/α-hetero) is 1. The maximum atomic E-state index is 12.3. The molecule has 1 aliphatic heterocycles. The maximum Gasteiger partial charge on any atom is 0.170 e. The Morgan fingerprint density at radius 3 is 3.00 bits per heavy atom. The summed E-state index contributed by atoms with van der Waals surface area (Å²) in [6.07, 6.45) is 6.39. The molecule has 3 nitrogen and oxygen atoms in total. The smallest absolute Gasteiger partial charge is 0.170 e. The molecule has 1 aromatic rings. The molecule has 1 unspecified atom stereocenters. The van der Waals surface area contributed by atoms with E-state index in [0.29, 0.717) is 6.42 Å². The van der Waals surface area contributed by atoms with Crippen LogP contribution in [0.4, 0.5) is 5.69 Å². The summed E-state index contributed by atoms with van der Waals surface area (Å²) in [6.45, 7) is 3.12. The van der Waals surface area contributed by atoms with Crippen LogP contribution in [0, 0.1) is 5.41 Å². The number of fused-ring (bicyclic) bond motifs is 5. The van der Waals surface area contributed by atoms with Gasteiger partial charge in [0.25, 0.3) is 0 Å². The highest BCUT2D eigenvalue weighted by atomic mass is 79.9. The second-order valence-corrected chi connectivity index (χ2v) is 7.56. The van der Waals surface area contributed by atoms with Crippen molar-refractivity contribution in [2.75, 3.05) is 5.43 Å². The monoisotopic (exact) mass is 360 g/mol. The number of allylic oxidation sites excluding steroid dienone is 2. The van der Waals surface area contributed by atoms with Crippen LogP contribution < -0.4 is 10.9 Å². The van der Waals surface area contributed by atoms with Gasteiger partial charge in [-0.15, -0.1) is 0 Å². The zero-order valence-electron chi connectivity index (χ0n) is 12.9. The molecule has 1 aromatic carbocycles. The fourth-order valence-corrected chi connectivity index (χ4v) is 5.24. The number of carbonyl (C=O) groups excluding carboxylic acids is 1. The van der Waals surface area contributed by atoms with Crippen LogP contribution in [0.5, 0.6) is 0 Å². The van der Waals surface area contributed by atoms with Crippen LogP contribution in [0.25, 0.3) is 5.57 Å². The molecule has 1 atom stereocenters. The highest BCUT2D eigenvalue weighted by Crippen LogP contribution is 2.58. The number of rotatable bonds is 3. The number of benzene rings is 1. The van der Waals surface area contributed by atoms with Gasteiger partial charge in [-0.1, -0.05) is 25.8 Å². The SMILES string of the molecule is CCCCC12CCC(=O)C(Br)=C1c1ccc3c(c1C2)CNN3. The van der Waals surface area contributed by atoms with Crippen molar-refractivity contribution < 1.29 is 4.79 Å².